The van der Waals surface area contributed by atoms with Crippen molar-refractivity contribution in [3.63, 3.8) is 0 Å². The number of ether oxygens (including phenoxy) is 2. The smallest absolute Gasteiger partial charge is 0.226 e. The van der Waals surface area contributed by atoms with E-state index in [1.54, 1.807) is 0 Å². The van der Waals surface area contributed by atoms with E-state index in [0.717, 1.165) is 54.2 Å². The average Bonchev–Trinajstić information content (AvgIpc) is 2.93. The predicted molar refractivity (Wildman–Crippen MR) is 107 cm³/mol. The molecule has 0 radical (unpaired) electrons. The van der Waals surface area contributed by atoms with E-state index in [1.165, 1.54) is 0 Å². The van der Waals surface area contributed by atoms with Crippen LogP contribution in [0.4, 0.5) is 11.4 Å². The molecule has 1 fully saturated rings. The van der Waals surface area contributed by atoms with Gasteiger partial charge < -0.3 is 19.7 Å². The van der Waals surface area contributed by atoms with Gasteiger partial charge in [-0.3, -0.25) is 4.79 Å². The second kappa shape index (κ2) is 7.91. The van der Waals surface area contributed by atoms with Gasteiger partial charge in [0.2, 0.25) is 5.91 Å². The molecule has 142 valence electrons. The van der Waals surface area contributed by atoms with Crippen LogP contribution in [0.15, 0.2) is 42.5 Å². The first-order valence-electron chi connectivity index (χ1n) is 9.77. The number of nitrogens with zero attached hydrogens (tertiary/aromatic N) is 1. The van der Waals surface area contributed by atoms with Crippen molar-refractivity contribution in [1.29, 1.82) is 0 Å². The molecule has 1 N–H and O–H groups in total. The van der Waals surface area contributed by atoms with Crippen LogP contribution in [-0.2, 0) is 4.79 Å². The Morgan fingerprint density at radius 3 is 2.70 bits per heavy atom. The lowest BCUT2D eigenvalue weighted by Gasteiger charge is -2.27. The van der Waals surface area contributed by atoms with Crippen LogP contribution in [0.2, 0.25) is 0 Å². The monoisotopic (exact) mass is 366 g/mol. The third-order valence-corrected chi connectivity index (χ3v) is 5.14. The van der Waals surface area contributed by atoms with E-state index in [4.69, 9.17) is 9.47 Å². The SMILES string of the molecule is CC(Nc1cccc(N2CCCCC2=O)c1)c1ccc2c(c1)OCCCO2. The van der Waals surface area contributed by atoms with Crippen LogP contribution in [0.5, 0.6) is 11.5 Å². The fourth-order valence-electron chi connectivity index (χ4n) is 3.63. The fraction of sp³-hybridized carbons (Fsp3) is 0.409. The number of amides is 1. The van der Waals surface area contributed by atoms with Gasteiger partial charge in [-0.05, 0) is 55.7 Å². The molecule has 2 heterocycles. The summed E-state index contributed by atoms with van der Waals surface area (Å²) < 4.78 is 11.5. The van der Waals surface area contributed by atoms with Gasteiger partial charge in [-0.2, -0.15) is 0 Å². The summed E-state index contributed by atoms with van der Waals surface area (Å²) in [6.45, 7) is 4.31. The second-order valence-corrected chi connectivity index (χ2v) is 7.18. The highest BCUT2D eigenvalue weighted by Gasteiger charge is 2.20. The maximum absolute atomic E-state index is 12.2. The molecule has 5 heteroatoms. The van der Waals surface area contributed by atoms with Gasteiger partial charge in [-0.15, -0.1) is 0 Å². The Kier molecular flexibility index (Phi) is 5.19. The van der Waals surface area contributed by atoms with Crippen molar-refractivity contribution >= 4 is 17.3 Å². The summed E-state index contributed by atoms with van der Waals surface area (Å²) >= 11 is 0. The molecule has 2 aliphatic heterocycles. The first-order valence-corrected chi connectivity index (χ1v) is 9.77. The molecular formula is C22H26N2O3. The largest absolute Gasteiger partial charge is 0.490 e. The maximum Gasteiger partial charge on any atom is 0.226 e. The molecule has 1 amide bonds. The Balaban J connectivity index is 1.49. The van der Waals surface area contributed by atoms with E-state index in [-0.39, 0.29) is 11.9 Å². The van der Waals surface area contributed by atoms with Gasteiger partial charge in [-0.25, -0.2) is 0 Å². The van der Waals surface area contributed by atoms with E-state index in [1.807, 2.05) is 29.2 Å². The zero-order valence-corrected chi connectivity index (χ0v) is 15.7. The Morgan fingerprint density at radius 1 is 1.00 bits per heavy atom. The highest BCUT2D eigenvalue weighted by molar-refractivity contribution is 5.94. The quantitative estimate of drug-likeness (QED) is 0.863. The molecule has 2 aliphatic rings. The van der Waals surface area contributed by atoms with E-state index in [0.29, 0.717) is 19.6 Å². The van der Waals surface area contributed by atoms with Gasteiger partial charge >= 0.3 is 0 Å². The van der Waals surface area contributed by atoms with Gasteiger partial charge in [0.15, 0.2) is 11.5 Å². The van der Waals surface area contributed by atoms with Crippen molar-refractivity contribution in [3.05, 3.63) is 48.0 Å². The number of benzene rings is 2. The number of anilines is 2. The molecule has 1 atom stereocenters. The minimum atomic E-state index is 0.106. The molecule has 0 saturated carbocycles. The Morgan fingerprint density at radius 2 is 1.85 bits per heavy atom. The van der Waals surface area contributed by atoms with Crippen molar-refractivity contribution in [1.82, 2.24) is 0 Å². The van der Waals surface area contributed by atoms with Crippen molar-refractivity contribution in [2.45, 2.75) is 38.6 Å². The molecule has 0 spiro atoms. The minimum Gasteiger partial charge on any atom is -0.490 e. The maximum atomic E-state index is 12.2. The number of fused-ring (bicyclic) bond motifs is 1. The van der Waals surface area contributed by atoms with Crippen LogP contribution in [0.3, 0.4) is 0 Å². The van der Waals surface area contributed by atoms with E-state index < -0.39 is 0 Å². The van der Waals surface area contributed by atoms with E-state index >= 15 is 0 Å². The summed E-state index contributed by atoms with van der Waals surface area (Å²) in [7, 11) is 0. The molecule has 0 aliphatic carbocycles. The molecular weight excluding hydrogens is 340 g/mol. The second-order valence-electron chi connectivity index (χ2n) is 7.18. The zero-order valence-electron chi connectivity index (χ0n) is 15.7. The lowest BCUT2D eigenvalue weighted by atomic mass is 10.1. The predicted octanol–water partition coefficient (Wildman–Crippen LogP) is 4.54. The Hall–Kier alpha value is -2.69. The lowest BCUT2D eigenvalue weighted by Crippen LogP contribution is -2.35. The molecule has 5 nitrogen and oxygen atoms in total. The first kappa shape index (κ1) is 17.7. The Bertz CT molecular complexity index is 821. The highest BCUT2D eigenvalue weighted by atomic mass is 16.5. The fourth-order valence-corrected chi connectivity index (χ4v) is 3.63. The summed E-state index contributed by atoms with van der Waals surface area (Å²) in [5.74, 6) is 1.84. The number of piperidine rings is 1. The molecule has 4 rings (SSSR count). The van der Waals surface area contributed by atoms with Crippen LogP contribution in [-0.4, -0.2) is 25.7 Å². The number of carbonyl (C=O) groups is 1. The number of rotatable bonds is 4. The third-order valence-electron chi connectivity index (χ3n) is 5.14. The topological polar surface area (TPSA) is 50.8 Å². The van der Waals surface area contributed by atoms with Crippen molar-refractivity contribution < 1.29 is 14.3 Å². The summed E-state index contributed by atoms with van der Waals surface area (Å²) in [6, 6.07) is 14.3. The van der Waals surface area contributed by atoms with E-state index in [2.05, 4.69) is 30.4 Å². The van der Waals surface area contributed by atoms with Gasteiger partial charge in [0.05, 0.1) is 13.2 Å². The summed E-state index contributed by atoms with van der Waals surface area (Å²) in [5, 5.41) is 3.54. The molecule has 27 heavy (non-hydrogen) atoms. The minimum absolute atomic E-state index is 0.106. The van der Waals surface area contributed by atoms with Crippen LogP contribution in [0, 0.1) is 0 Å². The standard InChI is InChI=1S/C22H26N2O3/c1-16(17-9-10-20-21(14-17)27-13-5-12-26-20)23-18-6-4-7-19(15-18)24-11-3-2-8-22(24)25/h4,6-7,9-10,14-16,23H,2-3,5,8,11-13H2,1H3. The lowest BCUT2D eigenvalue weighted by molar-refractivity contribution is -0.119. The van der Waals surface area contributed by atoms with Gasteiger partial charge in [0.25, 0.3) is 0 Å². The van der Waals surface area contributed by atoms with Crippen LogP contribution in [0.1, 0.15) is 44.2 Å². The average molecular weight is 366 g/mol. The highest BCUT2D eigenvalue weighted by Crippen LogP contribution is 2.33. The molecule has 1 unspecified atom stereocenters. The number of carbonyl (C=O) groups excluding carboxylic acids is 1. The van der Waals surface area contributed by atoms with E-state index in [9.17, 15) is 4.79 Å². The normalized spacial score (nSPS) is 18.0. The van der Waals surface area contributed by atoms with Crippen molar-refractivity contribution in [3.8, 4) is 11.5 Å². The summed E-state index contributed by atoms with van der Waals surface area (Å²) in [5.41, 5.74) is 3.11. The molecule has 1 saturated heterocycles. The molecule has 0 bridgehead atoms. The Labute approximate surface area is 160 Å². The number of hydrogen-bond donors (Lipinski definition) is 1. The summed E-state index contributed by atoms with van der Waals surface area (Å²) in [6.07, 6.45) is 3.61. The van der Waals surface area contributed by atoms with Crippen molar-refractivity contribution in [2.24, 2.45) is 0 Å². The van der Waals surface area contributed by atoms with Crippen LogP contribution >= 0.6 is 0 Å². The van der Waals surface area contributed by atoms with Gasteiger partial charge in [-0.1, -0.05) is 12.1 Å². The third kappa shape index (κ3) is 4.02. The first-order chi connectivity index (χ1) is 13.2. The van der Waals surface area contributed by atoms with Crippen LogP contribution < -0.4 is 19.7 Å². The van der Waals surface area contributed by atoms with Crippen molar-refractivity contribution in [2.75, 3.05) is 30.0 Å². The van der Waals surface area contributed by atoms with Crippen LogP contribution in [0.25, 0.3) is 0 Å². The zero-order chi connectivity index (χ0) is 18.6. The molecule has 2 aromatic carbocycles. The van der Waals surface area contributed by atoms with Gasteiger partial charge in [0, 0.05) is 36.8 Å². The molecule has 0 aromatic heterocycles. The number of hydrogen-bond acceptors (Lipinski definition) is 4. The molecule has 2 aromatic rings. The van der Waals surface area contributed by atoms with Gasteiger partial charge in [0.1, 0.15) is 0 Å². The number of nitrogens with one attached hydrogen (secondary N) is 1. The summed E-state index contributed by atoms with van der Waals surface area (Å²) in [4.78, 5) is 14.1.